The van der Waals surface area contributed by atoms with Gasteiger partial charge in [-0.1, -0.05) is 43.2 Å². The van der Waals surface area contributed by atoms with Gasteiger partial charge in [-0.3, -0.25) is 14.4 Å². The summed E-state index contributed by atoms with van der Waals surface area (Å²) in [6, 6.07) is 8.40. The molecule has 14 nitrogen and oxygen atoms in total. The maximum atomic E-state index is 14.5. The summed E-state index contributed by atoms with van der Waals surface area (Å²) in [5.74, 6) is -3.76. The Morgan fingerprint density at radius 3 is 2.41 bits per heavy atom. The summed E-state index contributed by atoms with van der Waals surface area (Å²) >= 11 is 1.41. The Bertz CT molecular complexity index is 2110. The average Bonchev–Trinajstić information content (AvgIpc) is 3.65. The second kappa shape index (κ2) is 16.0. The topological polar surface area (TPSA) is 186 Å². The van der Waals surface area contributed by atoms with Crippen molar-refractivity contribution in [2.45, 2.75) is 106 Å². The predicted molar refractivity (Wildman–Crippen MR) is 197 cm³/mol. The fraction of sp³-hybridized carbons (Fsp3) is 0.514. The number of sulfonamides is 1. The number of nitrogens with zero attached hydrogens (tertiary/aromatic N) is 3. The molecular formula is C37H41F3N6O8S2. The number of ether oxygens (including phenoxy) is 2. The second-order valence-electron chi connectivity index (χ2n) is 14.6. The molecule has 7 rings (SSSR count). The molecule has 2 aromatic heterocycles. The molecule has 3 aromatic rings. The molecule has 2 aliphatic heterocycles. The van der Waals surface area contributed by atoms with Crippen LogP contribution in [-0.4, -0.2) is 89.0 Å². The Labute approximate surface area is 324 Å². The van der Waals surface area contributed by atoms with Crippen LogP contribution in [0.15, 0.2) is 53.9 Å². The van der Waals surface area contributed by atoms with Crippen molar-refractivity contribution >= 4 is 56.2 Å². The number of nitrogens with one attached hydrogen (secondary N) is 3. The minimum atomic E-state index is -6.10. The van der Waals surface area contributed by atoms with Gasteiger partial charge in [-0.25, -0.2) is 19.5 Å². The van der Waals surface area contributed by atoms with Crippen molar-refractivity contribution in [3.05, 3.63) is 53.9 Å². The van der Waals surface area contributed by atoms with Gasteiger partial charge >= 0.3 is 21.6 Å². The molecule has 4 aliphatic rings. The molecule has 2 saturated carbocycles. The lowest BCUT2D eigenvalue weighted by Gasteiger charge is -2.30. The number of thiophene rings is 1. The quantitative estimate of drug-likeness (QED) is 0.271. The molecule has 4 heterocycles. The first kappa shape index (κ1) is 39.5. The molecule has 3 N–H and O–H groups in total. The predicted octanol–water partition coefficient (Wildman–Crippen LogP) is 5.11. The molecule has 3 fully saturated rings. The molecular weight excluding hydrogens is 778 g/mol. The number of hydrogen-bond donors (Lipinski definition) is 3. The van der Waals surface area contributed by atoms with Crippen LogP contribution in [0.5, 0.6) is 5.88 Å². The molecule has 0 bridgehead atoms. The Kier molecular flexibility index (Phi) is 11.3. The number of fused-ring (bicyclic) bond motifs is 3. The summed E-state index contributed by atoms with van der Waals surface area (Å²) in [5, 5.41) is 7.10. The van der Waals surface area contributed by atoms with E-state index in [4.69, 9.17) is 19.4 Å². The van der Waals surface area contributed by atoms with E-state index in [0.29, 0.717) is 55.3 Å². The first-order chi connectivity index (χ1) is 26.7. The minimum absolute atomic E-state index is 0.141. The first-order valence-corrected chi connectivity index (χ1v) is 21.0. The normalized spacial score (nSPS) is 26.9. The van der Waals surface area contributed by atoms with E-state index in [1.807, 2.05) is 23.6 Å². The zero-order valence-corrected chi connectivity index (χ0v) is 31.8. The van der Waals surface area contributed by atoms with Crippen molar-refractivity contribution < 1.29 is 50.2 Å². The number of alkyl halides is 3. The average molecular weight is 819 g/mol. The van der Waals surface area contributed by atoms with Gasteiger partial charge in [0.1, 0.15) is 35.5 Å². The number of carbonyl (C=O) groups is 4. The third-order valence-corrected chi connectivity index (χ3v) is 12.6. The molecule has 0 unspecified atom stereocenters. The molecule has 1 aromatic carbocycles. The van der Waals surface area contributed by atoms with Crippen molar-refractivity contribution in [2.24, 2.45) is 5.92 Å². The smallest absolute Gasteiger partial charge is 0.471 e. The van der Waals surface area contributed by atoms with Gasteiger partial charge in [-0.05, 0) is 74.9 Å². The monoisotopic (exact) mass is 818 g/mol. The van der Waals surface area contributed by atoms with E-state index < -0.39 is 69.0 Å². The molecule has 5 atom stereocenters. The number of amides is 4. The molecule has 4 amide bonds. The van der Waals surface area contributed by atoms with E-state index in [1.54, 1.807) is 30.4 Å². The van der Waals surface area contributed by atoms with E-state index in [2.05, 4.69) is 10.6 Å². The van der Waals surface area contributed by atoms with Gasteiger partial charge in [0.25, 0.3) is 5.91 Å². The third-order valence-electron chi connectivity index (χ3n) is 10.6. The van der Waals surface area contributed by atoms with Gasteiger partial charge in [0.05, 0.1) is 22.5 Å². The largest absolute Gasteiger partial charge is 0.516 e. The molecule has 0 radical (unpaired) electrons. The molecule has 2 aliphatic carbocycles. The van der Waals surface area contributed by atoms with Gasteiger partial charge < -0.3 is 25.0 Å². The second-order valence-corrected chi connectivity index (χ2v) is 17.2. The lowest BCUT2D eigenvalue weighted by atomic mass is 10.0. The summed E-state index contributed by atoms with van der Waals surface area (Å²) in [6.07, 6.45) is 6.86. The number of allylic oxidation sites excluding steroid dienone is 1. The van der Waals surface area contributed by atoms with E-state index >= 15 is 0 Å². The standard InChI is InChI=1S/C37H41F3N6O8S2/c38-37(39,40)56(51,52)45-34(49)36-20-22(36)11-4-2-1-3-5-16-27(43-35(50)54-23-12-6-7-13-23)33(48)46-21-24(19-28(46)31(47)44-36)53-32-30(29-17-10-18-55-29)41-25-14-8-9-15-26(25)42-32/h4,8-11,14-15,17-18,22-24,27-28H,1-3,5-7,12-13,16,19-21H2,(H,43,50)(H,44,47)(H,45,49)/b11-4-/t22-,24-,27+,28+,36-/m1/s1. The van der Waals surface area contributed by atoms with Crippen LogP contribution in [0.4, 0.5) is 18.0 Å². The molecule has 56 heavy (non-hydrogen) atoms. The Balaban J connectivity index is 1.21. The minimum Gasteiger partial charge on any atom is -0.471 e. The highest BCUT2D eigenvalue weighted by Crippen LogP contribution is 2.46. The number of alkyl carbamates (subject to hydrolysis) is 1. The fourth-order valence-corrected chi connectivity index (χ4v) is 8.82. The Morgan fingerprint density at radius 1 is 0.964 bits per heavy atom. The maximum Gasteiger partial charge on any atom is 0.516 e. The van der Waals surface area contributed by atoms with Crippen LogP contribution in [0.25, 0.3) is 21.6 Å². The van der Waals surface area contributed by atoms with Crippen LogP contribution in [0.3, 0.4) is 0 Å². The number of carbonyl (C=O) groups excluding carboxylic acids is 4. The molecule has 300 valence electrons. The van der Waals surface area contributed by atoms with Gasteiger partial charge in [-0.2, -0.15) is 21.6 Å². The Morgan fingerprint density at radius 2 is 1.70 bits per heavy atom. The molecule has 0 spiro atoms. The van der Waals surface area contributed by atoms with Crippen LogP contribution in [-0.2, 0) is 29.1 Å². The van der Waals surface area contributed by atoms with Crippen molar-refractivity contribution in [1.82, 2.24) is 30.2 Å². The van der Waals surface area contributed by atoms with E-state index in [-0.39, 0.29) is 37.8 Å². The fourth-order valence-electron chi connectivity index (χ4n) is 7.57. The van der Waals surface area contributed by atoms with E-state index in [1.165, 1.54) is 16.2 Å². The highest BCUT2D eigenvalue weighted by Gasteiger charge is 2.63. The summed E-state index contributed by atoms with van der Waals surface area (Å²) < 4.78 is 77.2. The first-order valence-electron chi connectivity index (χ1n) is 18.6. The number of rotatable bonds is 7. The lowest BCUT2D eigenvalue weighted by Crippen LogP contribution is -2.58. The number of benzene rings is 1. The lowest BCUT2D eigenvalue weighted by molar-refractivity contribution is -0.141. The van der Waals surface area contributed by atoms with Crippen LogP contribution < -0.4 is 20.1 Å². The van der Waals surface area contributed by atoms with Crippen molar-refractivity contribution in [3.8, 4) is 16.5 Å². The van der Waals surface area contributed by atoms with Crippen molar-refractivity contribution in [3.63, 3.8) is 0 Å². The van der Waals surface area contributed by atoms with Gasteiger partial charge in [0.15, 0.2) is 0 Å². The number of halogens is 3. The SMILES string of the molecule is O=C(N[C@H]1CCCCC/C=C\[C@@H]2C[C@@]2(C(=O)NS(=O)(=O)C(F)(F)F)NC(=O)[C@@H]2C[C@@H](Oc3nc4ccccc4nc3-c3cccs3)CN2C1=O)OC1CCCC1. The van der Waals surface area contributed by atoms with E-state index in [9.17, 15) is 40.8 Å². The van der Waals surface area contributed by atoms with Crippen molar-refractivity contribution in [1.29, 1.82) is 0 Å². The summed E-state index contributed by atoms with van der Waals surface area (Å²) in [4.78, 5) is 66.8. The van der Waals surface area contributed by atoms with Crippen molar-refractivity contribution in [2.75, 3.05) is 6.54 Å². The zero-order valence-electron chi connectivity index (χ0n) is 30.1. The van der Waals surface area contributed by atoms with Gasteiger partial charge in [0, 0.05) is 12.3 Å². The Hall–Kier alpha value is -4.78. The highest BCUT2D eigenvalue weighted by atomic mass is 32.2. The number of para-hydroxylation sites is 2. The van der Waals surface area contributed by atoms with Crippen LogP contribution in [0.2, 0.25) is 0 Å². The molecule has 1 saturated heterocycles. The summed E-state index contributed by atoms with van der Waals surface area (Å²) in [5.41, 5.74) is -6.25. The third kappa shape index (κ3) is 8.47. The number of hydrogen-bond acceptors (Lipinski definition) is 11. The summed E-state index contributed by atoms with van der Waals surface area (Å²) in [6.45, 7) is -0.170. The van der Waals surface area contributed by atoms with Gasteiger partial charge in [0.2, 0.25) is 17.7 Å². The van der Waals surface area contributed by atoms with Crippen LogP contribution in [0, 0.1) is 5.92 Å². The maximum absolute atomic E-state index is 14.5. The summed E-state index contributed by atoms with van der Waals surface area (Å²) in [7, 11) is -6.10. The van der Waals surface area contributed by atoms with Gasteiger partial charge in [-0.15, -0.1) is 11.3 Å². The number of aromatic nitrogens is 2. The van der Waals surface area contributed by atoms with E-state index in [0.717, 1.165) is 22.4 Å². The van der Waals surface area contributed by atoms with Crippen LogP contribution in [0.1, 0.15) is 70.6 Å². The molecule has 19 heteroatoms. The van der Waals surface area contributed by atoms with Crippen LogP contribution >= 0.6 is 11.3 Å². The highest BCUT2D eigenvalue weighted by molar-refractivity contribution is 7.90. The zero-order chi connectivity index (χ0) is 39.7.